The van der Waals surface area contributed by atoms with Crippen molar-refractivity contribution in [2.45, 2.75) is 39.2 Å². The maximum Gasteiger partial charge on any atom is 0.251 e. The van der Waals surface area contributed by atoms with Gasteiger partial charge in [-0.15, -0.1) is 0 Å². The zero-order valence-electron chi connectivity index (χ0n) is 20.0. The first kappa shape index (κ1) is 22.7. The molecular weight excluding hydrogens is 438 g/mol. The Balaban J connectivity index is 1.38. The first-order chi connectivity index (χ1) is 17.0. The molecule has 0 saturated carbocycles. The number of aromatic nitrogens is 2. The lowest BCUT2D eigenvalue weighted by molar-refractivity contribution is -0.119. The van der Waals surface area contributed by atoms with Crippen LogP contribution in [0.3, 0.4) is 0 Å². The molecular formula is C28H29N5O2. The van der Waals surface area contributed by atoms with Crippen molar-refractivity contribution in [3.8, 4) is 0 Å². The van der Waals surface area contributed by atoms with Gasteiger partial charge in [0, 0.05) is 30.0 Å². The lowest BCUT2D eigenvalue weighted by Gasteiger charge is -2.28. The normalized spacial score (nSPS) is 14.7. The molecule has 1 aliphatic rings. The predicted molar refractivity (Wildman–Crippen MR) is 140 cm³/mol. The fourth-order valence-corrected chi connectivity index (χ4v) is 4.65. The molecule has 7 nitrogen and oxygen atoms in total. The summed E-state index contributed by atoms with van der Waals surface area (Å²) >= 11 is 0. The maximum absolute atomic E-state index is 13.5. The van der Waals surface area contributed by atoms with Gasteiger partial charge in [0.25, 0.3) is 5.91 Å². The quantitative estimate of drug-likeness (QED) is 0.350. The second-order valence-corrected chi connectivity index (χ2v) is 9.04. The van der Waals surface area contributed by atoms with Gasteiger partial charge in [-0.3, -0.25) is 9.59 Å². The minimum absolute atomic E-state index is 0.161. The van der Waals surface area contributed by atoms with E-state index in [-0.39, 0.29) is 11.8 Å². The van der Waals surface area contributed by atoms with Gasteiger partial charge in [0.05, 0.1) is 11.0 Å². The van der Waals surface area contributed by atoms with Crippen LogP contribution < -0.4 is 15.5 Å². The van der Waals surface area contributed by atoms with Crippen LogP contribution in [-0.4, -0.2) is 28.3 Å². The van der Waals surface area contributed by atoms with Gasteiger partial charge in [-0.2, -0.15) is 0 Å². The SMILES string of the molecule is Cc1nc2ccc(NC(C(=O)Nc3ccc(N4CCCCC4=O)c(C)c3)c3ccccc3)cc2[nH]1. The molecule has 4 aromatic rings. The van der Waals surface area contributed by atoms with E-state index in [2.05, 4.69) is 20.6 Å². The molecule has 5 rings (SSSR count). The van der Waals surface area contributed by atoms with Crippen LogP contribution in [0.15, 0.2) is 66.7 Å². The number of benzene rings is 3. The summed E-state index contributed by atoms with van der Waals surface area (Å²) < 4.78 is 0. The number of piperidine rings is 1. The van der Waals surface area contributed by atoms with E-state index in [1.165, 1.54) is 0 Å². The van der Waals surface area contributed by atoms with Gasteiger partial charge < -0.3 is 20.5 Å². The van der Waals surface area contributed by atoms with E-state index in [1.807, 2.05) is 85.5 Å². The number of rotatable bonds is 6. The van der Waals surface area contributed by atoms with Crippen molar-refractivity contribution in [1.29, 1.82) is 0 Å². The molecule has 35 heavy (non-hydrogen) atoms. The number of aromatic amines is 1. The summed E-state index contributed by atoms with van der Waals surface area (Å²) in [6.45, 7) is 4.63. The van der Waals surface area contributed by atoms with Crippen LogP contribution >= 0.6 is 0 Å². The van der Waals surface area contributed by atoms with Crippen LogP contribution in [0.5, 0.6) is 0 Å². The van der Waals surface area contributed by atoms with Crippen molar-refractivity contribution in [1.82, 2.24) is 9.97 Å². The van der Waals surface area contributed by atoms with Crippen molar-refractivity contribution in [2.75, 3.05) is 22.1 Å². The molecule has 1 saturated heterocycles. The third kappa shape index (κ3) is 4.89. The van der Waals surface area contributed by atoms with Crippen LogP contribution in [-0.2, 0) is 9.59 Å². The molecule has 1 aliphatic heterocycles. The highest BCUT2D eigenvalue weighted by molar-refractivity contribution is 5.99. The molecule has 3 N–H and O–H groups in total. The molecule has 2 heterocycles. The summed E-state index contributed by atoms with van der Waals surface area (Å²) in [5, 5.41) is 6.45. The van der Waals surface area contributed by atoms with E-state index in [1.54, 1.807) is 0 Å². The number of amides is 2. The average molecular weight is 468 g/mol. The van der Waals surface area contributed by atoms with Gasteiger partial charge in [-0.25, -0.2) is 4.98 Å². The van der Waals surface area contributed by atoms with Gasteiger partial charge in [0.15, 0.2) is 0 Å². The lowest BCUT2D eigenvalue weighted by atomic mass is 10.0. The van der Waals surface area contributed by atoms with Crippen molar-refractivity contribution >= 4 is 39.9 Å². The lowest BCUT2D eigenvalue weighted by Crippen LogP contribution is -2.35. The number of hydrogen-bond donors (Lipinski definition) is 3. The molecule has 1 aromatic heterocycles. The highest BCUT2D eigenvalue weighted by Gasteiger charge is 2.23. The number of nitrogens with zero attached hydrogens (tertiary/aromatic N) is 2. The fraction of sp³-hybridized carbons (Fsp3) is 0.250. The number of aryl methyl sites for hydroxylation is 2. The van der Waals surface area contributed by atoms with E-state index in [9.17, 15) is 9.59 Å². The number of nitrogens with one attached hydrogen (secondary N) is 3. The van der Waals surface area contributed by atoms with E-state index in [0.717, 1.165) is 58.7 Å². The Morgan fingerprint density at radius 3 is 2.57 bits per heavy atom. The number of hydrogen-bond acceptors (Lipinski definition) is 4. The second kappa shape index (κ2) is 9.62. The minimum Gasteiger partial charge on any atom is -0.370 e. The number of carbonyl (C=O) groups is 2. The molecule has 1 atom stereocenters. The first-order valence-corrected chi connectivity index (χ1v) is 12.0. The molecule has 7 heteroatoms. The largest absolute Gasteiger partial charge is 0.370 e. The Labute approximate surface area is 204 Å². The summed E-state index contributed by atoms with van der Waals surface area (Å²) in [5.74, 6) is 0.840. The van der Waals surface area contributed by atoms with Crippen molar-refractivity contribution in [2.24, 2.45) is 0 Å². The van der Waals surface area contributed by atoms with Crippen molar-refractivity contribution in [3.63, 3.8) is 0 Å². The monoisotopic (exact) mass is 467 g/mol. The Morgan fingerprint density at radius 2 is 1.80 bits per heavy atom. The van der Waals surface area contributed by atoms with E-state index < -0.39 is 6.04 Å². The summed E-state index contributed by atoms with van der Waals surface area (Å²) in [7, 11) is 0. The molecule has 3 aromatic carbocycles. The van der Waals surface area contributed by atoms with Crippen LogP contribution in [0.25, 0.3) is 11.0 Å². The van der Waals surface area contributed by atoms with Gasteiger partial charge in [0.1, 0.15) is 11.9 Å². The molecule has 2 amide bonds. The number of carbonyl (C=O) groups excluding carboxylic acids is 2. The molecule has 0 bridgehead atoms. The highest BCUT2D eigenvalue weighted by Crippen LogP contribution is 2.29. The molecule has 0 radical (unpaired) electrons. The summed E-state index contributed by atoms with van der Waals surface area (Å²) in [5.41, 5.74) is 6.05. The summed E-state index contributed by atoms with van der Waals surface area (Å²) in [6.07, 6.45) is 2.55. The zero-order valence-corrected chi connectivity index (χ0v) is 20.0. The average Bonchev–Trinajstić information content (AvgIpc) is 3.23. The van der Waals surface area contributed by atoms with Crippen LogP contribution in [0.1, 0.15) is 42.3 Å². The topological polar surface area (TPSA) is 90.1 Å². The third-order valence-electron chi connectivity index (χ3n) is 6.38. The summed E-state index contributed by atoms with van der Waals surface area (Å²) in [4.78, 5) is 35.4. The van der Waals surface area contributed by atoms with Gasteiger partial charge in [0.2, 0.25) is 5.91 Å². The van der Waals surface area contributed by atoms with Gasteiger partial charge in [-0.1, -0.05) is 30.3 Å². The van der Waals surface area contributed by atoms with E-state index >= 15 is 0 Å². The Hall–Kier alpha value is -4.13. The molecule has 1 fully saturated rings. The Kier molecular flexibility index (Phi) is 6.23. The van der Waals surface area contributed by atoms with Crippen LogP contribution in [0.2, 0.25) is 0 Å². The third-order valence-corrected chi connectivity index (χ3v) is 6.38. The number of imidazole rings is 1. The standard InChI is InChI=1S/C28H29N5O2/c1-18-16-21(12-14-25(18)33-15-7-6-10-26(33)34)32-28(35)27(20-8-4-3-5-9-20)31-22-11-13-23-24(17-22)30-19(2)29-23/h3-5,8-9,11-14,16-17,27,31H,6-7,10,15H2,1-2H3,(H,29,30)(H,32,35). The number of fused-ring (bicyclic) bond motifs is 1. The minimum atomic E-state index is -0.596. The molecule has 0 spiro atoms. The van der Waals surface area contributed by atoms with E-state index in [4.69, 9.17) is 0 Å². The zero-order chi connectivity index (χ0) is 24.4. The molecule has 1 unspecified atom stereocenters. The van der Waals surface area contributed by atoms with Crippen molar-refractivity contribution in [3.05, 3.63) is 83.7 Å². The highest BCUT2D eigenvalue weighted by atomic mass is 16.2. The second-order valence-electron chi connectivity index (χ2n) is 9.04. The van der Waals surface area contributed by atoms with Gasteiger partial charge >= 0.3 is 0 Å². The van der Waals surface area contributed by atoms with Crippen molar-refractivity contribution < 1.29 is 9.59 Å². The predicted octanol–water partition coefficient (Wildman–Crippen LogP) is 5.49. The Bertz CT molecular complexity index is 1380. The van der Waals surface area contributed by atoms with E-state index in [0.29, 0.717) is 12.1 Å². The maximum atomic E-state index is 13.5. The first-order valence-electron chi connectivity index (χ1n) is 12.0. The number of anilines is 3. The smallest absolute Gasteiger partial charge is 0.251 e. The molecule has 0 aliphatic carbocycles. The Morgan fingerprint density at radius 1 is 1.00 bits per heavy atom. The van der Waals surface area contributed by atoms with Crippen LogP contribution in [0, 0.1) is 13.8 Å². The number of H-pyrrole nitrogens is 1. The molecule has 178 valence electrons. The fourth-order valence-electron chi connectivity index (χ4n) is 4.65. The van der Waals surface area contributed by atoms with Gasteiger partial charge in [-0.05, 0) is 74.2 Å². The summed E-state index contributed by atoms with van der Waals surface area (Å²) in [6, 6.07) is 20.6. The van der Waals surface area contributed by atoms with Crippen LogP contribution in [0.4, 0.5) is 17.1 Å².